The normalized spacial score (nSPS) is 14.8. The maximum atomic E-state index is 13.5. The molecule has 1 aliphatic heterocycles. The largest absolute Gasteiger partial charge is 0.493 e. The van der Waals surface area contributed by atoms with E-state index in [-0.39, 0.29) is 5.91 Å². The predicted molar refractivity (Wildman–Crippen MR) is 123 cm³/mol. The van der Waals surface area contributed by atoms with Crippen molar-refractivity contribution in [2.24, 2.45) is 0 Å². The Kier molecular flexibility index (Phi) is 6.89. The maximum Gasteiger partial charge on any atom is 0.270 e. The lowest BCUT2D eigenvalue weighted by Crippen LogP contribution is -2.48. The number of benzene rings is 2. The average Bonchev–Trinajstić information content (AvgIpc) is 3.18. The van der Waals surface area contributed by atoms with E-state index >= 15 is 0 Å². The van der Waals surface area contributed by atoms with Crippen molar-refractivity contribution >= 4 is 16.8 Å². The fourth-order valence-electron chi connectivity index (χ4n) is 4.25. The van der Waals surface area contributed by atoms with Gasteiger partial charge in [0.05, 0.1) is 18.7 Å². The Morgan fingerprint density at radius 3 is 2.48 bits per heavy atom. The maximum absolute atomic E-state index is 13.5. The molecule has 0 saturated carbocycles. The van der Waals surface area contributed by atoms with E-state index in [1.807, 2.05) is 42.2 Å². The summed E-state index contributed by atoms with van der Waals surface area (Å²) in [6, 6.07) is 18.5. The number of nitrogens with zero attached hydrogens (tertiary/aromatic N) is 3. The molecule has 0 unspecified atom stereocenters. The fourth-order valence-corrected chi connectivity index (χ4v) is 4.25. The van der Waals surface area contributed by atoms with E-state index in [9.17, 15) is 4.79 Å². The van der Waals surface area contributed by atoms with Crippen LogP contribution in [0.25, 0.3) is 10.9 Å². The smallest absolute Gasteiger partial charge is 0.270 e. The SMILES string of the molecule is CCOc1cccc2c1cc(C(=O)N1CCN(Cc3ccccc3)CC1)n2CCOC. The molecular formula is C25H31N3O3. The molecule has 1 aliphatic rings. The molecule has 0 radical (unpaired) electrons. The minimum atomic E-state index is 0.0779. The fraction of sp³-hybridized carbons (Fsp3) is 0.400. The van der Waals surface area contributed by atoms with Gasteiger partial charge in [0.1, 0.15) is 11.4 Å². The number of fused-ring (bicyclic) bond motifs is 1. The number of piperazine rings is 1. The Morgan fingerprint density at radius 2 is 1.77 bits per heavy atom. The molecule has 0 N–H and O–H groups in total. The molecule has 31 heavy (non-hydrogen) atoms. The van der Waals surface area contributed by atoms with Crippen molar-refractivity contribution in [1.82, 2.24) is 14.4 Å². The van der Waals surface area contributed by atoms with E-state index in [1.54, 1.807) is 7.11 Å². The van der Waals surface area contributed by atoms with Crippen LogP contribution in [0, 0.1) is 0 Å². The standard InChI is InChI=1S/C25H31N3O3/c1-3-31-24-11-7-10-22-21(24)18-23(28(22)16-17-30-2)25(29)27-14-12-26(13-15-27)19-20-8-5-4-6-9-20/h4-11,18H,3,12-17,19H2,1-2H3. The third-order valence-electron chi connectivity index (χ3n) is 5.85. The molecule has 1 amide bonds. The van der Waals surface area contributed by atoms with E-state index in [2.05, 4.69) is 33.7 Å². The molecule has 2 heterocycles. The van der Waals surface area contributed by atoms with Crippen LogP contribution in [0.3, 0.4) is 0 Å². The van der Waals surface area contributed by atoms with Gasteiger partial charge in [-0.25, -0.2) is 0 Å². The Morgan fingerprint density at radius 1 is 1.00 bits per heavy atom. The number of aromatic nitrogens is 1. The molecule has 3 aromatic rings. The summed E-state index contributed by atoms with van der Waals surface area (Å²) in [6.45, 7) is 7.89. The third kappa shape index (κ3) is 4.75. The van der Waals surface area contributed by atoms with E-state index in [0.29, 0.717) is 25.5 Å². The van der Waals surface area contributed by atoms with Gasteiger partial charge in [-0.1, -0.05) is 36.4 Å². The number of amides is 1. The van der Waals surface area contributed by atoms with E-state index in [0.717, 1.165) is 49.4 Å². The lowest BCUT2D eigenvalue weighted by atomic mass is 10.2. The molecular weight excluding hydrogens is 390 g/mol. The molecule has 6 nitrogen and oxygen atoms in total. The second-order valence-corrected chi connectivity index (χ2v) is 7.85. The summed E-state index contributed by atoms with van der Waals surface area (Å²) in [6.07, 6.45) is 0. The van der Waals surface area contributed by atoms with Crippen LogP contribution in [0.2, 0.25) is 0 Å². The first-order chi connectivity index (χ1) is 15.2. The summed E-state index contributed by atoms with van der Waals surface area (Å²) in [5.74, 6) is 0.895. The number of rotatable bonds is 8. The highest BCUT2D eigenvalue weighted by atomic mass is 16.5. The molecule has 6 heteroatoms. The summed E-state index contributed by atoms with van der Waals surface area (Å²) in [7, 11) is 1.69. The van der Waals surface area contributed by atoms with Gasteiger partial charge in [-0.05, 0) is 30.7 Å². The summed E-state index contributed by atoms with van der Waals surface area (Å²) in [4.78, 5) is 17.9. The quantitative estimate of drug-likeness (QED) is 0.557. The van der Waals surface area contributed by atoms with E-state index in [1.165, 1.54) is 5.56 Å². The highest BCUT2D eigenvalue weighted by Crippen LogP contribution is 2.30. The van der Waals surface area contributed by atoms with Crippen LogP contribution in [-0.2, 0) is 17.8 Å². The topological polar surface area (TPSA) is 46.9 Å². The first-order valence-corrected chi connectivity index (χ1v) is 11.0. The van der Waals surface area contributed by atoms with Crippen molar-refractivity contribution in [3.8, 4) is 5.75 Å². The lowest BCUT2D eigenvalue weighted by molar-refractivity contribution is 0.0616. The first kappa shape index (κ1) is 21.4. The molecule has 4 rings (SSSR count). The lowest BCUT2D eigenvalue weighted by Gasteiger charge is -2.35. The van der Waals surface area contributed by atoms with Crippen LogP contribution < -0.4 is 4.74 Å². The van der Waals surface area contributed by atoms with Gasteiger partial charge in [0.15, 0.2) is 0 Å². The average molecular weight is 422 g/mol. The summed E-state index contributed by atoms with van der Waals surface area (Å²) in [5, 5.41) is 0.978. The molecule has 0 spiro atoms. The summed E-state index contributed by atoms with van der Waals surface area (Å²) in [5.41, 5.74) is 3.02. The molecule has 1 fully saturated rings. The van der Waals surface area contributed by atoms with Crippen molar-refractivity contribution in [3.63, 3.8) is 0 Å². The Labute approximate surface area is 184 Å². The first-order valence-electron chi connectivity index (χ1n) is 11.0. The van der Waals surface area contributed by atoms with Crippen molar-refractivity contribution < 1.29 is 14.3 Å². The van der Waals surface area contributed by atoms with Crippen molar-refractivity contribution in [1.29, 1.82) is 0 Å². The molecule has 0 bridgehead atoms. The summed E-state index contributed by atoms with van der Waals surface area (Å²) >= 11 is 0. The van der Waals surface area contributed by atoms with Crippen LogP contribution in [0.15, 0.2) is 54.6 Å². The predicted octanol–water partition coefficient (Wildman–Crippen LogP) is 3.64. The zero-order valence-corrected chi connectivity index (χ0v) is 18.4. The number of ether oxygens (including phenoxy) is 2. The number of carbonyl (C=O) groups is 1. The third-order valence-corrected chi connectivity index (χ3v) is 5.85. The zero-order chi connectivity index (χ0) is 21.6. The molecule has 1 aromatic heterocycles. The number of hydrogen-bond donors (Lipinski definition) is 0. The Balaban J connectivity index is 1.52. The van der Waals surface area contributed by atoms with Crippen LogP contribution >= 0.6 is 0 Å². The minimum Gasteiger partial charge on any atom is -0.493 e. The monoisotopic (exact) mass is 421 g/mol. The molecule has 0 atom stereocenters. The van der Waals surface area contributed by atoms with E-state index in [4.69, 9.17) is 9.47 Å². The van der Waals surface area contributed by atoms with Gasteiger partial charge in [0, 0.05) is 51.8 Å². The summed E-state index contributed by atoms with van der Waals surface area (Å²) < 4.78 is 13.2. The molecule has 164 valence electrons. The van der Waals surface area contributed by atoms with Gasteiger partial charge in [-0.2, -0.15) is 0 Å². The van der Waals surface area contributed by atoms with Crippen LogP contribution in [0.5, 0.6) is 5.75 Å². The number of carbonyl (C=O) groups excluding carboxylic acids is 1. The number of hydrogen-bond acceptors (Lipinski definition) is 4. The molecule has 1 saturated heterocycles. The Bertz CT molecular complexity index is 1010. The van der Waals surface area contributed by atoms with Gasteiger partial charge < -0.3 is 18.9 Å². The second-order valence-electron chi connectivity index (χ2n) is 7.85. The van der Waals surface area contributed by atoms with Crippen molar-refractivity contribution in [2.75, 3.05) is 46.5 Å². The van der Waals surface area contributed by atoms with Gasteiger partial charge >= 0.3 is 0 Å². The van der Waals surface area contributed by atoms with Crippen molar-refractivity contribution in [2.45, 2.75) is 20.0 Å². The van der Waals surface area contributed by atoms with Gasteiger partial charge in [-0.15, -0.1) is 0 Å². The number of methoxy groups -OCH3 is 1. The highest BCUT2D eigenvalue weighted by molar-refractivity contribution is 6.00. The molecule has 2 aromatic carbocycles. The minimum absolute atomic E-state index is 0.0779. The van der Waals surface area contributed by atoms with Crippen LogP contribution in [0.4, 0.5) is 0 Å². The van der Waals surface area contributed by atoms with Crippen LogP contribution in [-0.4, -0.2) is 66.8 Å². The van der Waals surface area contributed by atoms with Crippen molar-refractivity contribution in [3.05, 3.63) is 65.9 Å². The van der Waals surface area contributed by atoms with Crippen LogP contribution in [0.1, 0.15) is 23.0 Å². The zero-order valence-electron chi connectivity index (χ0n) is 18.4. The van der Waals surface area contributed by atoms with E-state index < -0.39 is 0 Å². The molecule has 0 aliphatic carbocycles. The second kappa shape index (κ2) is 9.98. The van der Waals surface area contributed by atoms with Gasteiger partial charge in [-0.3, -0.25) is 9.69 Å². The highest BCUT2D eigenvalue weighted by Gasteiger charge is 2.26. The van der Waals surface area contributed by atoms with Gasteiger partial charge in [0.25, 0.3) is 5.91 Å². The Hall–Kier alpha value is -2.83. The van der Waals surface area contributed by atoms with Gasteiger partial charge in [0.2, 0.25) is 0 Å².